The molecule has 0 unspecified atom stereocenters. The van der Waals surface area contributed by atoms with Gasteiger partial charge in [0.1, 0.15) is 0 Å². The van der Waals surface area contributed by atoms with Crippen LogP contribution in [0.5, 0.6) is 0 Å². The molecule has 2 amide bonds. The molecule has 5 aliphatic rings. The largest absolute Gasteiger partial charge is 0.393 e. The second-order valence-electron chi connectivity index (χ2n) is 7.62. The van der Waals surface area contributed by atoms with Crippen molar-refractivity contribution in [1.29, 1.82) is 0 Å². The highest BCUT2D eigenvalue weighted by Gasteiger charge is 2.51. The molecule has 0 aliphatic heterocycles. The van der Waals surface area contributed by atoms with Crippen LogP contribution in [-0.2, 0) is 0 Å². The second kappa shape index (κ2) is 4.11. The van der Waals surface area contributed by atoms with E-state index >= 15 is 0 Å². The fourth-order valence-electron chi connectivity index (χ4n) is 5.43. The number of aliphatic hydroxyl groups excluding tert-OH is 1. The molecule has 0 aromatic rings. The van der Waals surface area contributed by atoms with Crippen molar-refractivity contribution in [2.45, 2.75) is 69.1 Å². The highest BCUT2D eigenvalue weighted by atomic mass is 16.3. The first-order chi connectivity index (χ1) is 9.10. The van der Waals surface area contributed by atoms with Gasteiger partial charge in [0, 0.05) is 11.6 Å². The molecule has 106 valence electrons. The Morgan fingerprint density at radius 2 is 1.47 bits per heavy atom. The Hall–Kier alpha value is -0.770. The maximum atomic E-state index is 12.1. The number of carbonyl (C=O) groups excluding carboxylic acids is 1. The predicted molar refractivity (Wildman–Crippen MR) is 71.6 cm³/mol. The smallest absolute Gasteiger partial charge is 0.315 e. The molecule has 0 radical (unpaired) electrons. The fraction of sp³-hybridized carbons (Fsp3) is 0.933. The van der Waals surface area contributed by atoms with E-state index in [9.17, 15) is 9.90 Å². The minimum Gasteiger partial charge on any atom is -0.393 e. The third-order valence-corrected chi connectivity index (χ3v) is 5.87. The van der Waals surface area contributed by atoms with Crippen molar-refractivity contribution in [3.63, 3.8) is 0 Å². The van der Waals surface area contributed by atoms with Crippen molar-refractivity contribution in [2.24, 2.45) is 17.8 Å². The Morgan fingerprint density at radius 3 is 1.95 bits per heavy atom. The lowest BCUT2D eigenvalue weighted by Crippen LogP contribution is -2.63. The summed E-state index contributed by atoms with van der Waals surface area (Å²) < 4.78 is 0. The fourth-order valence-corrected chi connectivity index (χ4v) is 5.43. The van der Waals surface area contributed by atoms with Gasteiger partial charge in [-0.05, 0) is 69.1 Å². The standard InChI is InChI=1S/C15H24N2O2/c18-13-4-12(5-13)16-14(19)17-15-6-9-1-10(7-15)3-11(2-9)8-15/h9-13,18H,1-8H2,(H2,16,17,19). The van der Waals surface area contributed by atoms with E-state index in [2.05, 4.69) is 10.6 Å². The van der Waals surface area contributed by atoms with Crippen LogP contribution in [-0.4, -0.2) is 28.8 Å². The number of amides is 2. The Balaban J connectivity index is 1.38. The molecule has 5 fully saturated rings. The zero-order valence-corrected chi connectivity index (χ0v) is 11.4. The zero-order valence-electron chi connectivity index (χ0n) is 11.4. The van der Waals surface area contributed by atoms with Gasteiger partial charge in [-0.25, -0.2) is 4.79 Å². The highest BCUT2D eigenvalue weighted by Crippen LogP contribution is 2.55. The molecule has 0 spiro atoms. The van der Waals surface area contributed by atoms with Gasteiger partial charge < -0.3 is 15.7 Å². The van der Waals surface area contributed by atoms with Crippen molar-refractivity contribution in [3.8, 4) is 0 Å². The predicted octanol–water partition coefficient (Wildman–Crippen LogP) is 1.78. The number of hydrogen-bond donors (Lipinski definition) is 3. The van der Waals surface area contributed by atoms with Gasteiger partial charge in [-0.1, -0.05) is 0 Å². The van der Waals surface area contributed by atoms with Gasteiger partial charge in [-0.15, -0.1) is 0 Å². The van der Waals surface area contributed by atoms with Crippen molar-refractivity contribution < 1.29 is 9.90 Å². The Bertz CT molecular complexity index is 354. The Morgan fingerprint density at radius 1 is 0.947 bits per heavy atom. The van der Waals surface area contributed by atoms with E-state index in [0.29, 0.717) is 12.8 Å². The van der Waals surface area contributed by atoms with Gasteiger partial charge in [0.25, 0.3) is 0 Å². The summed E-state index contributed by atoms with van der Waals surface area (Å²) in [6.07, 6.45) is 9.01. The maximum Gasteiger partial charge on any atom is 0.315 e. The average Bonchev–Trinajstić information content (AvgIpc) is 2.23. The number of urea groups is 1. The summed E-state index contributed by atoms with van der Waals surface area (Å²) in [6, 6.07) is 0.183. The molecule has 3 N–H and O–H groups in total. The average molecular weight is 264 g/mol. The minimum atomic E-state index is -0.204. The van der Waals surface area contributed by atoms with E-state index in [-0.39, 0.29) is 23.7 Å². The number of hydrogen-bond acceptors (Lipinski definition) is 2. The van der Waals surface area contributed by atoms with E-state index in [1.54, 1.807) is 0 Å². The summed E-state index contributed by atoms with van der Waals surface area (Å²) in [4.78, 5) is 12.1. The molecule has 4 bridgehead atoms. The van der Waals surface area contributed by atoms with Crippen LogP contribution in [0.15, 0.2) is 0 Å². The third-order valence-electron chi connectivity index (χ3n) is 5.87. The summed E-state index contributed by atoms with van der Waals surface area (Å²) in [5, 5.41) is 15.6. The molecule has 0 aromatic carbocycles. The molecule has 0 atom stereocenters. The molecular weight excluding hydrogens is 240 g/mol. The zero-order chi connectivity index (χ0) is 13.0. The molecule has 5 saturated carbocycles. The summed E-state index contributed by atoms with van der Waals surface area (Å²) >= 11 is 0. The maximum absolute atomic E-state index is 12.1. The van der Waals surface area contributed by atoms with Crippen LogP contribution < -0.4 is 10.6 Å². The van der Waals surface area contributed by atoms with E-state index in [4.69, 9.17) is 0 Å². The quantitative estimate of drug-likeness (QED) is 0.712. The lowest BCUT2D eigenvalue weighted by Gasteiger charge is -2.56. The lowest BCUT2D eigenvalue weighted by atomic mass is 9.53. The van der Waals surface area contributed by atoms with Crippen LogP contribution in [0.1, 0.15) is 51.4 Å². The van der Waals surface area contributed by atoms with Crippen molar-refractivity contribution in [2.75, 3.05) is 0 Å². The van der Waals surface area contributed by atoms with Gasteiger partial charge in [0.05, 0.1) is 6.10 Å². The Kier molecular flexibility index (Phi) is 2.60. The molecular formula is C15H24N2O2. The molecule has 0 saturated heterocycles. The lowest BCUT2D eigenvalue weighted by molar-refractivity contribution is -0.0143. The van der Waals surface area contributed by atoms with Gasteiger partial charge in [-0.2, -0.15) is 0 Å². The minimum absolute atomic E-state index is 0.00106. The topological polar surface area (TPSA) is 61.4 Å². The van der Waals surface area contributed by atoms with Crippen LogP contribution in [0.3, 0.4) is 0 Å². The number of rotatable bonds is 2. The molecule has 5 rings (SSSR count). The number of nitrogens with one attached hydrogen (secondary N) is 2. The number of aliphatic hydroxyl groups is 1. The highest BCUT2D eigenvalue weighted by molar-refractivity contribution is 5.75. The molecule has 4 heteroatoms. The first-order valence-corrected chi connectivity index (χ1v) is 7.87. The summed E-state index contributed by atoms with van der Waals surface area (Å²) in [6.45, 7) is 0. The summed E-state index contributed by atoms with van der Waals surface area (Å²) in [7, 11) is 0. The summed E-state index contributed by atoms with van der Waals surface area (Å²) in [5.41, 5.74) is 0.0984. The van der Waals surface area contributed by atoms with Crippen LogP contribution >= 0.6 is 0 Å². The van der Waals surface area contributed by atoms with Crippen molar-refractivity contribution >= 4 is 6.03 Å². The van der Waals surface area contributed by atoms with Gasteiger partial charge >= 0.3 is 6.03 Å². The van der Waals surface area contributed by atoms with Crippen molar-refractivity contribution in [1.82, 2.24) is 10.6 Å². The molecule has 4 nitrogen and oxygen atoms in total. The van der Waals surface area contributed by atoms with Gasteiger partial charge in [0.15, 0.2) is 0 Å². The number of carbonyl (C=O) groups is 1. The first-order valence-electron chi connectivity index (χ1n) is 7.87. The van der Waals surface area contributed by atoms with E-state index in [1.807, 2.05) is 0 Å². The van der Waals surface area contributed by atoms with Crippen LogP contribution in [0.4, 0.5) is 4.79 Å². The van der Waals surface area contributed by atoms with Crippen molar-refractivity contribution in [3.05, 3.63) is 0 Å². The van der Waals surface area contributed by atoms with Crippen LogP contribution in [0, 0.1) is 17.8 Å². The van der Waals surface area contributed by atoms with Gasteiger partial charge in [-0.3, -0.25) is 0 Å². The van der Waals surface area contributed by atoms with Gasteiger partial charge in [0.2, 0.25) is 0 Å². The molecule has 19 heavy (non-hydrogen) atoms. The first kappa shape index (κ1) is 12.0. The van der Waals surface area contributed by atoms with Crippen LogP contribution in [0.25, 0.3) is 0 Å². The second-order valence-corrected chi connectivity index (χ2v) is 7.62. The van der Waals surface area contributed by atoms with Crippen LogP contribution in [0.2, 0.25) is 0 Å². The van der Waals surface area contributed by atoms with E-state index < -0.39 is 0 Å². The molecule has 0 aromatic heterocycles. The van der Waals surface area contributed by atoms with E-state index in [1.165, 1.54) is 38.5 Å². The summed E-state index contributed by atoms with van der Waals surface area (Å²) in [5.74, 6) is 2.58. The third kappa shape index (κ3) is 2.14. The molecule has 0 heterocycles. The molecule has 5 aliphatic carbocycles. The normalized spacial score (nSPS) is 50.7. The van der Waals surface area contributed by atoms with E-state index in [0.717, 1.165) is 17.8 Å². The SMILES string of the molecule is O=C(NC1CC(O)C1)NC12CC3CC(CC(C3)C1)C2. The Labute approximate surface area is 114 Å². The monoisotopic (exact) mass is 264 g/mol.